The second-order valence-electron chi connectivity index (χ2n) is 9.04. The van der Waals surface area contributed by atoms with Gasteiger partial charge in [0.25, 0.3) is 0 Å². The molecule has 0 radical (unpaired) electrons. The number of hydrogen-bond acceptors (Lipinski definition) is 4. The van der Waals surface area contributed by atoms with Gasteiger partial charge in [-0.05, 0) is 61.6 Å². The van der Waals surface area contributed by atoms with E-state index in [2.05, 4.69) is 5.32 Å². The van der Waals surface area contributed by atoms with Crippen molar-refractivity contribution in [2.45, 2.75) is 64.0 Å². The Morgan fingerprint density at radius 1 is 1.06 bits per heavy atom. The minimum absolute atomic E-state index is 0.0938. The van der Waals surface area contributed by atoms with Crippen LogP contribution < -0.4 is 14.8 Å². The highest BCUT2D eigenvalue weighted by Crippen LogP contribution is 2.33. The number of hydrogen-bond donors (Lipinski definition) is 1. The third kappa shape index (κ3) is 7.78. The summed E-state index contributed by atoms with van der Waals surface area (Å²) in [4.78, 5) is 28.5. The minimum Gasteiger partial charge on any atom is -0.493 e. The van der Waals surface area contributed by atoms with Crippen LogP contribution in [0.1, 0.15) is 62.6 Å². The lowest BCUT2D eigenvalue weighted by Gasteiger charge is -2.32. The van der Waals surface area contributed by atoms with E-state index in [0.717, 1.165) is 31.2 Å². The van der Waals surface area contributed by atoms with E-state index >= 15 is 0 Å². The number of amides is 2. The molecule has 0 aliphatic heterocycles. The predicted octanol–water partition coefficient (Wildman–Crippen LogP) is 5.94. The minimum atomic E-state index is -0.851. The van der Waals surface area contributed by atoms with Crippen LogP contribution in [0.25, 0.3) is 0 Å². The molecule has 1 N–H and O–H groups in total. The van der Waals surface area contributed by atoms with Crippen molar-refractivity contribution in [1.82, 2.24) is 10.2 Å². The molecule has 0 unspecified atom stereocenters. The first-order valence-electron chi connectivity index (χ1n) is 12.7. The zero-order chi connectivity index (χ0) is 25.9. The molecule has 1 aliphatic carbocycles. The van der Waals surface area contributed by atoms with Gasteiger partial charge < -0.3 is 19.7 Å². The molecule has 0 saturated heterocycles. The number of benzene rings is 2. The molecule has 1 saturated carbocycles. The van der Waals surface area contributed by atoms with Crippen molar-refractivity contribution in [2.24, 2.45) is 0 Å². The molecule has 6 nitrogen and oxygen atoms in total. The molecular formula is C28H36Cl2N2O4. The lowest BCUT2D eigenvalue weighted by Crippen LogP contribution is -2.47. The van der Waals surface area contributed by atoms with Crippen LogP contribution in [0.15, 0.2) is 42.5 Å². The van der Waals surface area contributed by atoms with Crippen molar-refractivity contribution < 1.29 is 19.1 Å². The fraction of sp³-hybridized carbons (Fsp3) is 0.500. The Labute approximate surface area is 224 Å². The summed E-state index contributed by atoms with van der Waals surface area (Å²) in [5.41, 5.74) is 1.66. The van der Waals surface area contributed by atoms with E-state index in [4.69, 9.17) is 32.7 Å². The first-order chi connectivity index (χ1) is 17.5. The third-order valence-corrected chi connectivity index (χ3v) is 7.03. The molecule has 0 heterocycles. The van der Waals surface area contributed by atoms with Gasteiger partial charge in [-0.2, -0.15) is 0 Å². The standard InChI is InChI=1S/C28H36Cl2N2O4/c1-3-36-24-15-12-21(18-25(24)35-2)27(28(34)31-23-8-6-4-5-7-9-23)32(26(33)19-29)17-16-20-10-13-22(30)14-11-20/h10-15,18,23,27H,3-9,16-17,19H2,1-2H3,(H,31,34)/t27-/m0/s1. The number of carbonyl (C=O) groups is 2. The number of nitrogens with one attached hydrogen (secondary N) is 1. The number of carbonyl (C=O) groups excluding carboxylic acids is 2. The predicted molar refractivity (Wildman–Crippen MR) is 144 cm³/mol. The van der Waals surface area contributed by atoms with Gasteiger partial charge in [-0.25, -0.2) is 0 Å². The molecule has 0 bridgehead atoms. The number of nitrogens with zero attached hydrogens (tertiary/aromatic N) is 1. The summed E-state index contributed by atoms with van der Waals surface area (Å²) in [6.45, 7) is 2.71. The first-order valence-corrected chi connectivity index (χ1v) is 13.6. The molecule has 1 fully saturated rings. The van der Waals surface area contributed by atoms with Crippen LogP contribution in [0, 0.1) is 0 Å². The maximum absolute atomic E-state index is 13.8. The molecule has 2 aromatic carbocycles. The van der Waals surface area contributed by atoms with Crippen molar-refractivity contribution in [2.75, 3.05) is 26.1 Å². The highest BCUT2D eigenvalue weighted by Gasteiger charge is 2.33. The van der Waals surface area contributed by atoms with Gasteiger partial charge in [-0.3, -0.25) is 9.59 Å². The van der Waals surface area contributed by atoms with Crippen LogP contribution in [0.5, 0.6) is 11.5 Å². The Bertz CT molecular complexity index is 992. The third-order valence-electron chi connectivity index (χ3n) is 6.55. The Hall–Kier alpha value is -2.44. The Balaban J connectivity index is 1.95. The quantitative estimate of drug-likeness (QED) is 0.286. The second-order valence-corrected chi connectivity index (χ2v) is 9.74. The zero-order valence-corrected chi connectivity index (χ0v) is 22.6. The number of halogens is 2. The maximum atomic E-state index is 13.8. The fourth-order valence-electron chi connectivity index (χ4n) is 4.68. The van der Waals surface area contributed by atoms with E-state index < -0.39 is 6.04 Å². The summed E-state index contributed by atoms with van der Waals surface area (Å²) < 4.78 is 11.2. The molecule has 3 rings (SSSR count). The normalized spacial score (nSPS) is 15.0. The number of alkyl halides is 1. The Kier molecular flexibility index (Phi) is 11.2. The van der Waals surface area contributed by atoms with Crippen LogP contribution in [0.4, 0.5) is 0 Å². The lowest BCUT2D eigenvalue weighted by atomic mass is 10.0. The molecular weight excluding hydrogens is 499 g/mol. The van der Waals surface area contributed by atoms with Crippen molar-refractivity contribution >= 4 is 35.0 Å². The highest BCUT2D eigenvalue weighted by atomic mass is 35.5. The monoisotopic (exact) mass is 534 g/mol. The van der Waals surface area contributed by atoms with Crippen LogP contribution >= 0.6 is 23.2 Å². The van der Waals surface area contributed by atoms with Gasteiger partial charge in [-0.15, -0.1) is 11.6 Å². The maximum Gasteiger partial charge on any atom is 0.247 e. The van der Waals surface area contributed by atoms with Gasteiger partial charge in [0.2, 0.25) is 11.8 Å². The Morgan fingerprint density at radius 3 is 2.36 bits per heavy atom. The van der Waals surface area contributed by atoms with Crippen LogP contribution in [0.2, 0.25) is 5.02 Å². The average Bonchev–Trinajstić information content (AvgIpc) is 3.16. The molecule has 2 aromatic rings. The molecule has 0 spiro atoms. The number of ether oxygens (including phenoxy) is 2. The average molecular weight is 536 g/mol. The van der Waals surface area contributed by atoms with Crippen molar-refractivity contribution in [3.63, 3.8) is 0 Å². The largest absolute Gasteiger partial charge is 0.493 e. The van der Waals surface area contributed by atoms with Gasteiger partial charge in [0.1, 0.15) is 11.9 Å². The second kappa shape index (κ2) is 14.3. The molecule has 0 aromatic heterocycles. The molecule has 1 aliphatic rings. The van der Waals surface area contributed by atoms with Gasteiger partial charge in [0.15, 0.2) is 11.5 Å². The molecule has 196 valence electrons. The van der Waals surface area contributed by atoms with Gasteiger partial charge in [0.05, 0.1) is 13.7 Å². The van der Waals surface area contributed by atoms with E-state index in [1.807, 2.05) is 37.3 Å². The summed E-state index contributed by atoms with van der Waals surface area (Å²) in [6, 6.07) is 12.1. The van der Waals surface area contributed by atoms with Crippen molar-refractivity contribution in [3.8, 4) is 11.5 Å². The summed E-state index contributed by atoms with van der Waals surface area (Å²) in [5.74, 6) is 0.366. The van der Waals surface area contributed by atoms with E-state index in [1.165, 1.54) is 12.8 Å². The summed E-state index contributed by atoms with van der Waals surface area (Å²) in [6.07, 6.45) is 6.99. The summed E-state index contributed by atoms with van der Waals surface area (Å²) >= 11 is 12.1. The highest BCUT2D eigenvalue weighted by molar-refractivity contribution is 6.30. The SMILES string of the molecule is CCOc1ccc([C@@H](C(=O)NC2CCCCCC2)N(CCc2ccc(Cl)cc2)C(=O)CCl)cc1OC. The van der Waals surface area contributed by atoms with Crippen LogP contribution in [0.3, 0.4) is 0 Å². The van der Waals surface area contributed by atoms with Gasteiger partial charge in [-0.1, -0.05) is 55.5 Å². The zero-order valence-electron chi connectivity index (χ0n) is 21.1. The molecule has 8 heteroatoms. The van der Waals surface area contributed by atoms with Crippen molar-refractivity contribution in [1.29, 1.82) is 0 Å². The van der Waals surface area contributed by atoms with Gasteiger partial charge in [0, 0.05) is 17.6 Å². The van der Waals surface area contributed by atoms with E-state index in [1.54, 1.807) is 24.1 Å². The summed E-state index contributed by atoms with van der Waals surface area (Å²) in [5, 5.41) is 3.88. The van der Waals surface area contributed by atoms with Gasteiger partial charge >= 0.3 is 0 Å². The topological polar surface area (TPSA) is 67.9 Å². The van der Waals surface area contributed by atoms with E-state index in [-0.39, 0.29) is 23.7 Å². The molecule has 1 atom stereocenters. The van der Waals surface area contributed by atoms with Crippen LogP contribution in [-0.2, 0) is 16.0 Å². The summed E-state index contributed by atoms with van der Waals surface area (Å²) in [7, 11) is 1.56. The van der Waals surface area contributed by atoms with Crippen LogP contribution in [-0.4, -0.2) is 48.9 Å². The number of rotatable bonds is 11. The van der Waals surface area contributed by atoms with E-state index in [0.29, 0.717) is 41.7 Å². The Morgan fingerprint density at radius 2 is 1.75 bits per heavy atom. The molecule has 2 amide bonds. The molecule has 36 heavy (non-hydrogen) atoms. The smallest absolute Gasteiger partial charge is 0.247 e. The number of methoxy groups -OCH3 is 1. The van der Waals surface area contributed by atoms with E-state index in [9.17, 15) is 9.59 Å². The first kappa shape index (κ1) is 28.1. The fourth-order valence-corrected chi connectivity index (χ4v) is 4.96. The lowest BCUT2D eigenvalue weighted by molar-refractivity contribution is -0.139. The van der Waals surface area contributed by atoms with Crippen molar-refractivity contribution in [3.05, 3.63) is 58.6 Å².